The van der Waals surface area contributed by atoms with Gasteiger partial charge in [0.1, 0.15) is 12.2 Å². The Morgan fingerprint density at radius 3 is 2.52 bits per heavy atom. The van der Waals surface area contributed by atoms with Gasteiger partial charge in [0.2, 0.25) is 0 Å². The van der Waals surface area contributed by atoms with Crippen molar-refractivity contribution in [3.8, 4) is 0 Å². The summed E-state index contributed by atoms with van der Waals surface area (Å²) in [6.07, 6.45) is -5.68. The first kappa shape index (κ1) is 18.7. The second-order valence-electron chi connectivity index (χ2n) is 5.33. The molecule has 8 nitrogen and oxygen atoms in total. The Morgan fingerprint density at radius 1 is 1.52 bits per heavy atom. The van der Waals surface area contributed by atoms with Crippen LogP contribution in [0.25, 0.3) is 0 Å². The zero-order chi connectivity index (χ0) is 16.4. The lowest BCUT2D eigenvalue weighted by Crippen LogP contribution is -2.61. The lowest BCUT2D eigenvalue weighted by Gasteiger charge is -2.46. The molecule has 0 amide bonds. The molecule has 0 aromatic heterocycles. The Balaban J connectivity index is 3.06. The van der Waals surface area contributed by atoms with Crippen molar-refractivity contribution in [1.29, 1.82) is 0 Å². The maximum absolute atomic E-state index is 11.5. The highest BCUT2D eigenvalue weighted by atomic mass is 31.0. The molecule has 1 fully saturated rings. The van der Waals surface area contributed by atoms with Crippen molar-refractivity contribution < 1.29 is 39.8 Å². The van der Waals surface area contributed by atoms with E-state index in [-0.39, 0.29) is 6.42 Å². The number of rotatable bonds is 6. The predicted octanol–water partition coefficient (Wildman–Crippen LogP) is -1.50. The molecule has 1 aliphatic heterocycles. The summed E-state index contributed by atoms with van der Waals surface area (Å²) in [5.41, 5.74) is 0. The summed E-state index contributed by atoms with van der Waals surface area (Å²) in [6.45, 7) is 2.42. The SMILES string of the molecule is CC(P)O[C@@]1(C(=O)O)C[C@@H](O)[C@@H](C)C([C@H](O)[C@H](O)CO)O1. The Bertz CT molecular complexity index is 365. The van der Waals surface area contributed by atoms with Gasteiger partial charge in [-0.3, -0.25) is 0 Å². The third-order valence-electron chi connectivity index (χ3n) is 3.55. The Morgan fingerprint density at radius 2 is 2.10 bits per heavy atom. The van der Waals surface area contributed by atoms with Crippen molar-refractivity contribution in [2.45, 2.75) is 56.3 Å². The molecule has 1 heterocycles. The summed E-state index contributed by atoms with van der Waals surface area (Å²) >= 11 is 0. The maximum Gasteiger partial charge on any atom is 0.364 e. The molecule has 3 unspecified atom stereocenters. The fourth-order valence-electron chi connectivity index (χ4n) is 2.33. The highest BCUT2D eigenvalue weighted by Crippen LogP contribution is 2.37. The van der Waals surface area contributed by atoms with Crippen molar-refractivity contribution in [1.82, 2.24) is 0 Å². The van der Waals surface area contributed by atoms with Crippen LogP contribution >= 0.6 is 9.24 Å². The summed E-state index contributed by atoms with van der Waals surface area (Å²) in [5.74, 6) is -4.76. The molecule has 124 valence electrons. The molecule has 0 aromatic rings. The van der Waals surface area contributed by atoms with Crippen molar-refractivity contribution in [2.24, 2.45) is 5.92 Å². The molecular formula is C12H23O8P. The Hall–Kier alpha value is -0.340. The third-order valence-corrected chi connectivity index (χ3v) is 3.69. The summed E-state index contributed by atoms with van der Waals surface area (Å²) in [5, 5.41) is 47.8. The van der Waals surface area contributed by atoms with Crippen LogP contribution in [0, 0.1) is 5.92 Å². The van der Waals surface area contributed by atoms with Crippen LogP contribution in [0.5, 0.6) is 0 Å². The van der Waals surface area contributed by atoms with E-state index in [0.717, 1.165) is 0 Å². The number of hydrogen-bond acceptors (Lipinski definition) is 7. The first-order chi connectivity index (χ1) is 9.64. The summed E-state index contributed by atoms with van der Waals surface area (Å²) < 4.78 is 10.7. The molecule has 0 radical (unpaired) electrons. The van der Waals surface area contributed by atoms with Crippen LogP contribution in [-0.2, 0) is 14.3 Å². The van der Waals surface area contributed by atoms with Crippen molar-refractivity contribution in [3.05, 3.63) is 0 Å². The van der Waals surface area contributed by atoms with Crippen molar-refractivity contribution in [3.63, 3.8) is 0 Å². The largest absolute Gasteiger partial charge is 0.477 e. The van der Waals surface area contributed by atoms with Crippen molar-refractivity contribution >= 4 is 15.2 Å². The number of aliphatic carboxylic acids is 1. The average Bonchev–Trinajstić information content (AvgIpc) is 2.40. The fourth-order valence-corrected chi connectivity index (χ4v) is 2.55. The van der Waals surface area contributed by atoms with Gasteiger partial charge in [-0.15, -0.1) is 9.24 Å². The number of aliphatic hydroxyl groups excluding tert-OH is 4. The molecule has 9 heteroatoms. The third kappa shape index (κ3) is 4.10. The molecule has 8 atom stereocenters. The fraction of sp³-hybridized carbons (Fsp3) is 0.917. The smallest absolute Gasteiger partial charge is 0.364 e. The molecule has 21 heavy (non-hydrogen) atoms. The highest BCUT2D eigenvalue weighted by molar-refractivity contribution is 7.17. The van der Waals surface area contributed by atoms with E-state index >= 15 is 0 Å². The minimum Gasteiger partial charge on any atom is -0.477 e. The van der Waals surface area contributed by atoms with Gasteiger partial charge < -0.3 is 35.0 Å². The van der Waals surface area contributed by atoms with Crippen LogP contribution in [0.1, 0.15) is 20.3 Å². The molecule has 0 saturated carbocycles. The normalized spacial score (nSPS) is 37.8. The van der Waals surface area contributed by atoms with E-state index in [4.69, 9.17) is 14.6 Å². The van der Waals surface area contributed by atoms with Gasteiger partial charge in [-0.1, -0.05) is 6.92 Å². The Kier molecular flexibility index (Phi) is 6.49. The second kappa shape index (κ2) is 7.28. The van der Waals surface area contributed by atoms with E-state index in [1.54, 1.807) is 13.8 Å². The number of hydrogen-bond donors (Lipinski definition) is 5. The second-order valence-corrected chi connectivity index (χ2v) is 6.27. The standard InChI is InChI=1S/C12H23O8P/c1-5-7(14)3-12(11(17)18,19-6(2)21)20-10(5)9(16)8(15)4-13/h5-10,13-16H,3-4,21H2,1-2H3,(H,17,18)/t5-,6?,7-,8-,9-,10?,12+/m1/s1. The van der Waals surface area contributed by atoms with Gasteiger partial charge >= 0.3 is 5.97 Å². The van der Waals surface area contributed by atoms with E-state index in [9.17, 15) is 25.2 Å². The highest BCUT2D eigenvalue weighted by Gasteiger charge is 2.54. The minimum absolute atomic E-state index is 0.305. The number of carbonyl (C=O) groups is 1. The first-order valence-electron chi connectivity index (χ1n) is 6.64. The van der Waals surface area contributed by atoms with Gasteiger partial charge in [-0.2, -0.15) is 0 Å². The maximum atomic E-state index is 11.5. The van der Waals surface area contributed by atoms with Crippen LogP contribution in [0.15, 0.2) is 0 Å². The molecule has 0 spiro atoms. The van der Waals surface area contributed by atoms with E-state index in [1.807, 2.05) is 0 Å². The first-order valence-corrected chi connectivity index (χ1v) is 7.31. The van der Waals surface area contributed by atoms with Gasteiger partial charge in [0.05, 0.1) is 24.7 Å². The molecule has 1 saturated heterocycles. The summed E-state index contributed by atoms with van der Waals surface area (Å²) in [4.78, 5) is 11.5. The number of ether oxygens (including phenoxy) is 2. The van der Waals surface area contributed by atoms with Crippen LogP contribution in [0.2, 0.25) is 0 Å². The van der Waals surface area contributed by atoms with Gasteiger partial charge in [-0.25, -0.2) is 4.79 Å². The Labute approximate surface area is 124 Å². The molecule has 5 N–H and O–H groups in total. The molecule has 1 aliphatic rings. The van der Waals surface area contributed by atoms with Crippen LogP contribution < -0.4 is 0 Å². The van der Waals surface area contributed by atoms with E-state index < -0.39 is 54.5 Å². The number of aliphatic hydroxyl groups is 4. The molecule has 1 rings (SSSR count). The molecular weight excluding hydrogens is 303 g/mol. The van der Waals surface area contributed by atoms with Gasteiger partial charge in [0.25, 0.3) is 5.79 Å². The lowest BCUT2D eigenvalue weighted by atomic mass is 9.84. The summed E-state index contributed by atoms with van der Waals surface area (Å²) in [7, 11) is 2.25. The zero-order valence-corrected chi connectivity index (χ0v) is 13.1. The van der Waals surface area contributed by atoms with Crippen LogP contribution in [-0.4, -0.2) is 74.2 Å². The zero-order valence-electron chi connectivity index (χ0n) is 11.9. The number of carboxylic acids is 1. The average molecular weight is 326 g/mol. The molecule has 0 aromatic carbocycles. The lowest BCUT2D eigenvalue weighted by molar-refractivity contribution is -0.320. The van der Waals surface area contributed by atoms with Gasteiger partial charge in [0, 0.05) is 12.3 Å². The molecule has 0 bridgehead atoms. The van der Waals surface area contributed by atoms with Gasteiger partial charge in [0.15, 0.2) is 0 Å². The van der Waals surface area contributed by atoms with Crippen LogP contribution in [0.3, 0.4) is 0 Å². The monoisotopic (exact) mass is 326 g/mol. The number of carboxylic acid groups (broad SMARTS) is 1. The summed E-state index contributed by atoms with van der Waals surface area (Å²) in [6, 6.07) is 0. The van der Waals surface area contributed by atoms with Gasteiger partial charge in [-0.05, 0) is 6.92 Å². The predicted molar refractivity (Wildman–Crippen MR) is 74.4 cm³/mol. The van der Waals surface area contributed by atoms with E-state index in [0.29, 0.717) is 0 Å². The molecule has 0 aliphatic carbocycles. The van der Waals surface area contributed by atoms with E-state index in [2.05, 4.69) is 9.24 Å². The van der Waals surface area contributed by atoms with E-state index in [1.165, 1.54) is 0 Å². The minimum atomic E-state index is -2.12. The topological polar surface area (TPSA) is 137 Å². The quantitative estimate of drug-likeness (QED) is 0.372. The van der Waals surface area contributed by atoms with Crippen LogP contribution in [0.4, 0.5) is 0 Å². The van der Waals surface area contributed by atoms with Crippen molar-refractivity contribution in [2.75, 3.05) is 6.61 Å².